The van der Waals surface area contributed by atoms with Crippen molar-refractivity contribution >= 4 is 22.4 Å². The zero-order valence-electron chi connectivity index (χ0n) is 12.3. The average molecular weight is 305 g/mol. The van der Waals surface area contributed by atoms with Gasteiger partial charge in [0, 0.05) is 17.0 Å². The third kappa shape index (κ3) is 2.73. The normalized spacial score (nSPS) is 32.5. The summed E-state index contributed by atoms with van der Waals surface area (Å²) < 4.78 is 0. The molecule has 2 heterocycles. The van der Waals surface area contributed by atoms with Gasteiger partial charge in [0.2, 0.25) is 5.91 Å². The number of hydrogen-bond acceptors (Lipinski definition) is 4. The molecule has 21 heavy (non-hydrogen) atoms. The summed E-state index contributed by atoms with van der Waals surface area (Å²) >= 11 is 1.68. The van der Waals surface area contributed by atoms with Crippen LogP contribution in [-0.2, 0) is 4.79 Å². The van der Waals surface area contributed by atoms with Crippen LogP contribution in [0.5, 0.6) is 0 Å². The van der Waals surface area contributed by atoms with E-state index in [9.17, 15) is 4.79 Å². The molecule has 0 radical (unpaired) electrons. The van der Waals surface area contributed by atoms with Crippen molar-refractivity contribution in [1.29, 1.82) is 0 Å². The zero-order valence-corrected chi connectivity index (χ0v) is 13.1. The minimum Gasteiger partial charge on any atom is -0.317 e. The number of aromatic nitrogens is 1. The third-order valence-corrected chi connectivity index (χ3v) is 6.53. The van der Waals surface area contributed by atoms with Gasteiger partial charge in [-0.1, -0.05) is 12.8 Å². The molecule has 2 N–H and O–H groups in total. The van der Waals surface area contributed by atoms with E-state index in [-0.39, 0.29) is 11.8 Å². The fourth-order valence-corrected chi connectivity index (χ4v) is 5.20. The highest BCUT2D eigenvalue weighted by molar-refractivity contribution is 7.15. The topological polar surface area (TPSA) is 54.0 Å². The van der Waals surface area contributed by atoms with Crippen molar-refractivity contribution in [3.63, 3.8) is 0 Å². The highest BCUT2D eigenvalue weighted by atomic mass is 32.1. The Labute approximate surface area is 129 Å². The van der Waals surface area contributed by atoms with Crippen LogP contribution < -0.4 is 10.6 Å². The Morgan fingerprint density at radius 3 is 2.62 bits per heavy atom. The van der Waals surface area contributed by atoms with Crippen molar-refractivity contribution < 1.29 is 4.79 Å². The molecular weight excluding hydrogens is 282 g/mol. The first kappa shape index (κ1) is 13.7. The Morgan fingerprint density at radius 2 is 1.90 bits per heavy atom. The molecule has 5 heteroatoms. The van der Waals surface area contributed by atoms with E-state index in [0.29, 0.717) is 17.8 Å². The number of fused-ring (bicyclic) bond motifs is 1. The summed E-state index contributed by atoms with van der Waals surface area (Å²) in [5.41, 5.74) is 0. The highest BCUT2D eigenvalue weighted by Gasteiger charge is 2.54. The number of piperidine rings is 1. The Kier molecular flexibility index (Phi) is 3.71. The van der Waals surface area contributed by atoms with Crippen LogP contribution in [0.15, 0.2) is 6.20 Å². The number of nitrogens with zero attached hydrogens (tertiary/aromatic N) is 1. The lowest BCUT2D eigenvalue weighted by Crippen LogP contribution is -2.26. The Bertz CT molecular complexity index is 511. The standard InChI is InChI=1S/C16H23N3OS/c20-15(14-11-3-1-2-4-12(11)14)19-16-18-9-13(21-16)10-5-7-17-8-6-10/h9-12,14,17H,1-8H2,(H,18,19,20). The molecule has 1 aliphatic heterocycles. The minimum atomic E-state index is 0.220. The van der Waals surface area contributed by atoms with E-state index in [4.69, 9.17) is 0 Å². The van der Waals surface area contributed by atoms with Crippen molar-refractivity contribution in [3.05, 3.63) is 11.1 Å². The second-order valence-electron chi connectivity index (χ2n) is 6.72. The lowest BCUT2D eigenvalue weighted by molar-refractivity contribution is -0.117. The first-order valence-corrected chi connectivity index (χ1v) is 9.12. The van der Waals surface area contributed by atoms with E-state index in [1.165, 1.54) is 43.4 Å². The van der Waals surface area contributed by atoms with Crippen LogP contribution in [0.25, 0.3) is 0 Å². The third-order valence-electron chi connectivity index (χ3n) is 5.45. The molecule has 114 valence electrons. The zero-order chi connectivity index (χ0) is 14.2. The van der Waals surface area contributed by atoms with E-state index in [1.807, 2.05) is 6.20 Å². The monoisotopic (exact) mass is 305 g/mol. The molecule has 2 saturated carbocycles. The first-order chi connectivity index (χ1) is 10.3. The fourth-order valence-electron chi connectivity index (χ4n) is 4.21. The van der Waals surface area contributed by atoms with Gasteiger partial charge in [-0.05, 0) is 56.5 Å². The van der Waals surface area contributed by atoms with Crippen LogP contribution in [0, 0.1) is 17.8 Å². The number of amides is 1. The molecular formula is C16H23N3OS. The second kappa shape index (κ2) is 5.69. The van der Waals surface area contributed by atoms with Gasteiger partial charge in [-0.3, -0.25) is 4.79 Å². The molecule has 0 bridgehead atoms. The summed E-state index contributed by atoms with van der Waals surface area (Å²) in [5, 5.41) is 7.27. The van der Waals surface area contributed by atoms with Crippen molar-refractivity contribution in [2.24, 2.45) is 17.8 Å². The van der Waals surface area contributed by atoms with Gasteiger partial charge in [0.05, 0.1) is 0 Å². The van der Waals surface area contributed by atoms with Crippen LogP contribution in [0.4, 0.5) is 5.13 Å². The summed E-state index contributed by atoms with van der Waals surface area (Å²) in [6.45, 7) is 2.19. The molecule has 2 aliphatic carbocycles. The predicted octanol–water partition coefficient (Wildman–Crippen LogP) is 2.98. The minimum absolute atomic E-state index is 0.220. The second-order valence-corrected chi connectivity index (χ2v) is 7.78. The summed E-state index contributed by atoms with van der Waals surface area (Å²) in [4.78, 5) is 18.1. The number of nitrogens with one attached hydrogen (secondary N) is 2. The van der Waals surface area contributed by atoms with Crippen LogP contribution in [-0.4, -0.2) is 24.0 Å². The molecule has 1 aromatic heterocycles. The maximum Gasteiger partial charge on any atom is 0.229 e. The number of carbonyl (C=O) groups is 1. The number of carbonyl (C=O) groups excluding carboxylic acids is 1. The van der Waals surface area contributed by atoms with Crippen LogP contribution in [0.3, 0.4) is 0 Å². The van der Waals surface area contributed by atoms with E-state index in [1.54, 1.807) is 11.3 Å². The molecule has 2 atom stereocenters. The molecule has 1 aromatic rings. The van der Waals surface area contributed by atoms with Gasteiger partial charge in [-0.25, -0.2) is 4.98 Å². The van der Waals surface area contributed by atoms with Crippen molar-refractivity contribution in [2.45, 2.75) is 44.4 Å². The van der Waals surface area contributed by atoms with Crippen molar-refractivity contribution in [3.8, 4) is 0 Å². The Morgan fingerprint density at radius 1 is 1.19 bits per heavy atom. The summed E-state index contributed by atoms with van der Waals surface area (Å²) in [6.07, 6.45) is 9.45. The molecule has 1 saturated heterocycles. The van der Waals surface area contributed by atoms with Crippen LogP contribution in [0.1, 0.15) is 49.3 Å². The van der Waals surface area contributed by atoms with Gasteiger partial charge >= 0.3 is 0 Å². The molecule has 0 aromatic carbocycles. The Hall–Kier alpha value is -0.940. The van der Waals surface area contributed by atoms with Gasteiger partial charge in [-0.2, -0.15) is 0 Å². The largest absolute Gasteiger partial charge is 0.317 e. The van der Waals surface area contributed by atoms with E-state index in [0.717, 1.165) is 18.2 Å². The molecule has 4 rings (SSSR count). The number of thiazole rings is 1. The molecule has 0 spiro atoms. The molecule has 3 fully saturated rings. The van der Waals surface area contributed by atoms with Gasteiger partial charge in [0.15, 0.2) is 5.13 Å². The maximum atomic E-state index is 12.4. The number of anilines is 1. The van der Waals surface area contributed by atoms with Gasteiger partial charge < -0.3 is 10.6 Å². The average Bonchev–Trinajstić information content (AvgIpc) is 3.09. The SMILES string of the molecule is O=C(Nc1ncc(C2CCNCC2)s1)C1C2CCCCC21. The Balaban J connectivity index is 1.36. The van der Waals surface area contributed by atoms with Crippen molar-refractivity contribution in [1.82, 2.24) is 10.3 Å². The highest BCUT2D eigenvalue weighted by Crippen LogP contribution is 2.55. The lowest BCUT2D eigenvalue weighted by Gasteiger charge is -2.20. The number of rotatable bonds is 3. The van der Waals surface area contributed by atoms with Gasteiger partial charge in [-0.15, -0.1) is 11.3 Å². The molecule has 2 unspecified atom stereocenters. The smallest absolute Gasteiger partial charge is 0.229 e. The number of hydrogen-bond donors (Lipinski definition) is 2. The summed E-state index contributed by atoms with van der Waals surface area (Å²) in [7, 11) is 0. The fraction of sp³-hybridized carbons (Fsp3) is 0.750. The van der Waals surface area contributed by atoms with Crippen molar-refractivity contribution in [2.75, 3.05) is 18.4 Å². The van der Waals surface area contributed by atoms with E-state index < -0.39 is 0 Å². The van der Waals surface area contributed by atoms with Crippen LogP contribution in [0.2, 0.25) is 0 Å². The summed E-state index contributed by atoms with van der Waals surface area (Å²) in [5.74, 6) is 2.46. The molecule has 1 amide bonds. The predicted molar refractivity (Wildman–Crippen MR) is 84.5 cm³/mol. The quantitative estimate of drug-likeness (QED) is 0.902. The summed E-state index contributed by atoms with van der Waals surface area (Å²) in [6, 6.07) is 0. The van der Waals surface area contributed by atoms with E-state index in [2.05, 4.69) is 15.6 Å². The first-order valence-electron chi connectivity index (χ1n) is 8.30. The van der Waals surface area contributed by atoms with Gasteiger partial charge in [0.1, 0.15) is 0 Å². The lowest BCUT2D eigenvalue weighted by atomic mass is 9.97. The van der Waals surface area contributed by atoms with Crippen LogP contribution >= 0.6 is 11.3 Å². The maximum absolute atomic E-state index is 12.4. The molecule has 4 nitrogen and oxygen atoms in total. The molecule has 3 aliphatic rings. The van der Waals surface area contributed by atoms with Gasteiger partial charge in [0.25, 0.3) is 0 Å². The van der Waals surface area contributed by atoms with E-state index >= 15 is 0 Å².